The molecular weight excluding hydrogens is 402 g/mol. The number of thioether (sulfide) groups is 1. The molecule has 1 aromatic carbocycles. The van der Waals surface area contributed by atoms with Crippen LogP contribution in [-0.2, 0) is 24.2 Å². The van der Waals surface area contributed by atoms with Gasteiger partial charge in [0.1, 0.15) is 4.83 Å². The summed E-state index contributed by atoms with van der Waals surface area (Å²) in [4.78, 5) is 32.5. The number of nitrogens with one attached hydrogen (secondary N) is 1. The number of aromatic nitrogens is 2. The second kappa shape index (κ2) is 8.71. The number of hydrogen-bond donors (Lipinski definition) is 1. The first kappa shape index (κ1) is 20.2. The Bertz CT molecular complexity index is 1090. The standard InChI is InChI=1S/C22H25N3O2S2/c1-3-25-21(27)19-16-11-7-8-12-17(16)29-20(19)24-22(25)28-13-18(26)23-14(2)15-9-5-4-6-10-15/h4-6,9-10,14H,3,7-8,11-13H2,1-2H3,(H,23,26)/t14-/m1/s1. The van der Waals surface area contributed by atoms with Crippen LogP contribution in [0.3, 0.4) is 0 Å². The number of carbonyl (C=O) groups excluding carboxylic acids is 1. The largest absolute Gasteiger partial charge is 0.349 e. The van der Waals surface area contributed by atoms with Gasteiger partial charge in [-0.05, 0) is 50.7 Å². The van der Waals surface area contributed by atoms with Crippen LogP contribution in [0.1, 0.15) is 48.7 Å². The summed E-state index contributed by atoms with van der Waals surface area (Å²) in [5.74, 6) is 0.175. The first-order chi connectivity index (χ1) is 14.1. The van der Waals surface area contributed by atoms with Crippen molar-refractivity contribution in [2.45, 2.75) is 57.3 Å². The lowest BCUT2D eigenvalue weighted by Crippen LogP contribution is -2.29. The molecule has 152 valence electrons. The van der Waals surface area contributed by atoms with Gasteiger partial charge in [0, 0.05) is 11.4 Å². The van der Waals surface area contributed by atoms with Crippen molar-refractivity contribution >= 4 is 39.2 Å². The number of benzene rings is 1. The molecule has 0 bridgehead atoms. The van der Waals surface area contributed by atoms with Gasteiger partial charge in [-0.15, -0.1) is 11.3 Å². The van der Waals surface area contributed by atoms with Crippen LogP contribution in [0, 0.1) is 0 Å². The third kappa shape index (κ3) is 4.12. The van der Waals surface area contributed by atoms with Crippen LogP contribution >= 0.6 is 23.1 Å². The molecular formula is C22H25N3O2S2. The molecule has 0 spiro atoms. The molecule has 0 unspecified atom stereocenters. The fourth-order valence-electron chi connectivity index (χ4n) is 3.85. The summed E-state index contributed by atoms with van der Waals surface area (Å²) in [6, 6.07) is 9.83. The number of thiophene rings is 1. The maximum Gasteiger partial charge on any atom is 0.263 e. The molecule has 0 saturated carbocycles. The number of nitrogens with zero attached hydrogens (tertiary/aromatic N) is 2. The smallest absolute Gasteiger partial charge is 0.263 e. The molecule has 5 nitrogen and oxygen atoms in total. The molecule has 2 heterocycles. The summed E-state index contributed by atoms with van der Waals surface area (Å²) >= 11 is 2.99. The van der Waals surface area contributed by atoms with Crippen LogP contribution in [0.2, 0.25) is 0 Å². The number of fused-ring (bicyclic) bond motifs is 3. The molecule has 4 rings (SSSR count). The minimum Gasteiger partial charge on any atom is -0.349 e. The van der Waals surface area contributed by atoms with Gasteiger partial charge in [0.25, 0.3) is 5.56 Å². The Hall–Kier alpha value is -2.12. The van der Waals surface area contributed by atoms with E-state index in [1.54, 1.807) is 15.9 Å². The van der Waals surface area contributed by atoms with E-state index in [4.69, 9.17) is 4.98 Å². The average molecular weight is 428 g/mol. The highest BCUT2D eigenvalue weighted by Gasteiger charge is 2.22. The molecule has 1 aliphatic carbocycles. The van der Waals surface area contributed by atoms with Crippen LogP contribution in [0.15, 0.2) is 40.3 Å². The van der Waals surface area contributed by atoms with E-state index >= 15 is 0 Å². The maximum absolute atomic E-state index is 13.1. The fourth-order valence-corrected chi connectivity index (χ4v) is 6.02. The molecule has 1 aliphatic rings. The van der Waals surface area contributed by atoms with E-state index in [9.17, 15) is 9.59 Å². The molecule has 1 amide bonds. The summed E-state index contributed by atoms with van der Waals surface area (Å²) in [5, 5.41) is 4.46. The fraction of sp³-hybridized carbons (Fsp3) is 0.409. The highest BCUT2D eigenvalue weighted by atomic mass is 32.2. The predicted molar refractivity (Wildman–Crippen MR) is 120 cm³/mol. The average Bonchev–Trinajstić information content (AvgIpc) is 3.11. The lowest BCUT2D eigenvalue weighted by Gasteiger charge is -2.15. The SMILES string of the molecule is CCn1c(SCC(=O)N[C@H](C)c2ccccc2)nc2sc3c(c2c1=O)CCCC3. The molecule has 29 heavy (non-hydrogen) atoms. The van der Waals surface area contributed by atoms with Crippen LogP contribution in [-0.4, -0.2) is 21.2 Å². The molecule has 2 aromatic heterocycles. The zero-order chi connectivity index (χ0) is 20.4. The Balaban J connectivity index is 1.53. The van der Waals surface area contributed by atoms with Crippen molar-refractivity contribution in [2.24, 2.45) is 0 Å². The van der Waals surface area contributed by atoms with Crippen molar-refractivity contribution in [2.75, 3.05) is 5.75 Å². The molecule has 1 N–H and O–H groups in total. The molecule has 0 fully saturated rings. The topological polar surface area (TPSA) is 64.0 Å². The summed E-state index contributed by atoms with van der Waals surface area (Å²) in [6.07, 6.45) is 4.34. The van der Waals surface area contributed by atoms with E-state index in [0.717, 1.165) is 35.0 Å². The van der Waals surface area contributed by atoms with Crippen LogP contribution in [0.25, 0.3) is 10.2 Å². The Kier molecular flexibility index (Phi) is 6.06. The molecule has 3 aromatic rings. The van der Waals surface area contributed by atoms with E-state index in [-0.39, 0.29) is 23.3 Å². The monoisotopic (exact) mass is 427 g/mol. The van der Waals surface area contributed by atoms with Gasteiger partial charge in [0.2, 0.25) is 5.91 Å². The van der Waals surface area contributed by atoms with E-state index in [1.807, 2.05) is 44.2 Å². The number of carbonyl (C=O) groups is 1. The lowest BCUT2D eigenvalue weighted by molar-refractivity contribution is -0.119. The van der Waals surface area contributed by atoms with Gasteiger partial charge in [0.05, 0.1) is 17.2 Å². The van der Waals surface area contributed by atoms with Gasteiger partial charge < -0.3 is 5.32 Å². The van der Waals surface area contributed by atoms with Crippen LogP contribution in [0.5, 0.6) is 0 Å². The Morgan fingerprint density at radius 3 is 2.79 bits per heavy atom. The first-order valence-electron chi connectivity index (χ1n) is 10.1. The number of hydrogen-bond acceptors (Lipinski definition) is 5. The Labute approximate surface area is 178 Å². The summed E-state index contributed by atoms with van der Waals surface area (Å²) in [5.41, 5.74) is 2.32. The predicted octanol–water partition coefficient (Wildman–Crippen LogP) is 4.33. The van der Waals surface area contributed by atoms with Crippen molar-refractivity contribution in [1.82, 2.24) is 14.9 Å². The summed E-state index contributed by atoms with van der Waals surface area (Å²) in [7, 11) is 0. The van der Waals surface area contributed by atoms with Crippen molar-refractivity contribution in [3.63, 3.8) is 0 Å². The zero-order valence-corrected chi connectivity index (χ0v) is 18.4. The van der Waals surface area contributed by atoms with Crippen molar-refractivity contribution < 1.29 is 4.79 Å². The Morgan fingerprint density at radius 1 is 1.28 bits per heavy atom. The molecule has 0 aliphatic heterocycles. The zero-order valence-electron chi connectivity index (χ0n) is 16.7. The Morgan fingerprint density at radius 2 is 2.03 bits per heavy atom. The summed E-state index contributed by atoms with van der Waals surface area (Å²) < 4.78 is 1.71. The van der Waals surface area contributed by atoms with E-state index in [1.165, 1.54) is 28.6 Å². The van der Waals surface area contributed by atoms with Gasteiger partial charge in [-0.1, -0.05) is 42.1 Å². The van der Waals surface area contributed by atoms with E-state index in [2.05, 4.69) is 5.32 Å². The number of amides is 1. The van der Waals surface area contributed by atoms with Gasteiger partial charge >= 0.3 is 0 Å². The number of aryl methyl sites for hydroxylation is 2. The van der Waals surface area contributed by atoms with Crippen molar-refractivity contribution in [3.8, 4) is 0 Å². The van der Waals surface area contributed by atoms with Gasteiger partial charge in [-0.2, -0.15) is 0 Å². The highest BCUT2D eigenvalue weighted by Crippen LogP contribution is 2.34. The van der Waals surface area contributed by atoms with Crippen LogP contribution < -0.4 is 10.9 Å². The lowest BCUT2D eigenvalue weighted by atomic mass is 9.97. The van der Waals surface area contributed by atoms with E-state index in [0.29, 0.717) is 11.7 Å². The molecule has 0 radical (unpaired) electrons. The van der Waals surface area contributed by atoms with E-state index < -0.39 is 0 Å². The summed E-state index contributed by atoms with van der Waals surface area (Å²) in [6.45, 7) is 4.48. The number of rotatable bonds is 6. The molecule has 1 atom stereocenters. The first-order valence-corrected chi connectivity index (χ1v) is 11.9. The normalized spacial score (nSPS) is 14.6. The maximum atomic E-state index is 13.1. The highest BCUT2D eigenvalue weighted by molar-refractivity contribution is 7.99. The minimum absolute atomic E-state index is 0.0393. The minimum atomic E-state index is -0.0613. The second-order valence-corrected chi connectivity index (χ2v) is 9.35. The molecule has 0 saturated heterocycles. The van der Waals surface area contributed by atoms with Gasteiger partial charge in [0.15, 0.2) is 5.16 Å². The second-order valence-electron chi connectivity index (χ2n) is 7.32. The quantitative estimate of drug-likeness (QED) is 0.470. The van der Waals surface area contributed by atoms with Crippen molar-refractivity contribution in [1.29, 1.82) is 0 Å². The third-order valence-corrected chi connectivity index (χ3v) is 7.53. The van der Waals surface area contributed by atoms with Gasteiger partial charge in [-0.25, -0.2) is 4.98 Å². The van der Waals surface area contributed by atoms with Crippen LogP contribution in [0.4, 0.5) is 0 Å². The molecule has 7 heteroatoms. The van der Waals surface area contributed by atoms with Crippen molar-refractivity contribution in [3.05, 3.63) is 56.7 Å². The van der Waals surface area contributed by atoms with Gasteiger partial charge in [-0.3, -0.25) is 14.2 Å². The third-order valence-electron chi connectivity index (χ3n) is 5.37.